The van der Waals surface area contributed by atoms with Gasteiger partial charge >= 0.3 is 6.36 Å². The molecular weight excluding hydrogens is 584 g/mol. The lowest BCUT2D eigenvalue weighted by molar-refractivity contribution is -0.274. The van der Waals surface area contributed by atoms with E-state index in [-0.39, 0.29) is 45.2 Å². The number of aliphatic hydroxyl groups is 1. The smallest absolute Gasteiger partial charge is 0.497 e. The first kappa shape index (κ1) is 30.7. The molecule has 224 valence electrons. The van der Waals surface area contributed by atoms with Gasteiger partial charge in [-0.1, -0.05) is 0 Å². The van der Waals surface area contributed by atoms with E-state index in [1.54, 1.807) is 0 Å². The standard InChI is InChI=1S/C28H26F4N2O7S/c1-15-8-19(41-28(30,31)32)13-22-23(14-33-25(15)22)27(36)26(21-5-4-16(29)9-24(21)40-7-6-35)34-17-10-18(39-2)12-20(11-17)42(3,37)38/h4-5,8-14,26,33-35H,6-7H2,1-3H3. The molecule has 4 aromatic rings. The van der Waals surface area contributed by atoms with E-state index < -0.39 is 46.2 Å². The highest BCUT2D eigenvalue weighted by atomic mass is 32.2. The quantitative estimate of drug-likeness (QED) is 0.154. The van der Waals surface area contributed by atoms with E-state index in [0.717, 1.165) is 24.5 Å². The van der Waals surface area contributed by atoms with E-state index in [1.165, 1.54) is 50.6 Å². The summed E-state index contributed by atoms with van der Waals surface area (Å²) in [5.41, 5.74) is 0.940. The van der Waals surface area contributed by atoms with Crippen molar-refractivity contribution in [3.8, 4) is 17.2 Å². The number of Topliss-reactive ketones (excluding diaryl/α,β-unsaturated/α-hetero) is 1. The number of aromatic nitrogens is 1. The Morgan fingerprint density at radius 1 is 1.10 bits per heavy atom. The van der Waals surface area contributed by atoms with Gasteiger partial charge in [-0.05, 0) is 48.9 Å². The highest BCUT2D eigenvalue weighted by molar-refractivity contribution is 7.90. The van der Waals surface area contributed by atoms with Crippen LogP contribution in [0.4, 0.5) is 23.2 Å². The Kier molecular flexibility index (Phi) is 8.68. The van der Waals surface area contributed by atoms with E-state index >= 15 is 0 Å². The number of anilines is 1. The van der Waals surface area contributed by atoms with E-state index in [0.29, 0.717) is 11.1 Å². The molecule has 0 saturated heterocycles. The Bertz CT molecular complexity index is 1740. The summed E-state index contributed by atoms with van der Waals surface area (Å²) in [6.45, 7) is 0.883. The van der Waals surface area contributed by atoms with E-state index in [1.807, 2.05) is 0 Å². The number of rotatable bonds is 11. The molecule has 4 rings (SSSR count). The number of hydrogen-bond acceptors (Lipinski definition) is 8. The van der Waals surface area contributed by atoms with Crippen LogP contribution in [0, 0.1) is 12.7 Å². The molecule has 42 heavy (non-hydrogen) atoms. The van der Waals surface area contributed by atoms with E-state index in [2.05, 4.69) is 15.0 Å². The third-order valence-electron chi connectivity index (χ3n) is 6.21. The van der Waals surface area contributed by atoms with Crippen molar-refractivity contribution >= 4 is 32.2 Å². The number of aromatic amines is 1. The number of aliphatic hydroxyl groups excluding tert-OH is 1. The van der Waals surface area contributed by atoms with Gasteiger partial charge in [0, 0.05) is 52.3 Å². The van der Waals surface area contributed by atoms with E-state index in [9.17, 15) is 35.9 Å². The first-order valence-electron chi connectivity index (χ1n) is 12.3. The van der Waals surface area contributed by atoms with Crippen molar-refractivity contribution in [3.63, 3.8) is 0 Å². The predicted octanol–water partition coefficient (Wildman–Crippen LogP) is 5.33. The first-order valence-corrected chi connectivity index (χ1v) is 14.2. The zero-order chi connectivity index (χ0) is 30.8. The van der Waals surface area contributed by atoms with Gasteiger partial charge in [-0.15, -0.1) is 13.2 Å². The number of alkyl halides is 3. The van der Waals surface area contributed by atoms with Crippen molar-refractivity contribution in [3.05, 3.63) is 77.2 Å². The molecule has 3 N–H and O–H groups in total. The summed E-state index contributed by atoms with van der Waals surface area (Å²) in [7, 11) is -2.40. The molecule has 0 saturated carbocycles. The summed E-state index contributed by atoms with van der Waals surface area (Å²) in [5.74, 6) is -1.87. The SMILES string of the molecule is COc1cc(NC(C(=O)c2c[nH]c3c(C)cc(OC(F)(F)F)cc23)c2ccc(F)cc2OCCO)cc(S(C)(=O)=O)c1. The number of H-pyrrole nitrogens is 1. The first-order chi connectivity index (χ1) is 19.7. The molecule has 9 nitrogen and oxygen atoms in total. The highest BCUT2D eigenvalue weighted by Crippen LogP contribution is 2.37. The van der Waals surface area contributed by atoms with Crippen LogP contribution in [0.3, 0.4) is 0 Å². The van der Waals surface area contributed by atoms with Crippen LogP contribution in [0.25, 0.3) is 10.9 Å². The van der Waals surface area contributed by atoms with Gasteiger partial charge in [0.05, 0.1) is 18.6 Å². The summed E-state index contributed by atoms with van der Waals surface area (Å²) in [4.78, 5) is 17.0. The maximum absolute atomic E-state index is 14.2. The van der Waals surface area contributed by atoms with Crippen LogP contribution in [-0.4, -0.2) is 57.2 Å². The minimum Gasteiger partial charge on any atom is -0.497 e. The topological polar surface area (TPSA) is 127 Å². The largest absolute Gasteiger partial charge is 0.573 e. The molecule has 1 unspecified atom stereocenters. The number of ether oxygens (including phenoxy) is 3. The second-order valence-corrected chi connectivity index (χ2v) is 11.3. The number of benzene rings is 3. The van der Waals surface area contributed by atoms with Gasteiger partial charge in [0.15, 0.2) is 15.6 Å². The summed E-state index contributed by atoms with van der Waals surface area (Å²) < 4.78 is 92.6. The Morgan fingerprint density at radius 3 is 2.48 bits per heavy atom. The Labute approximate surface area is 237 Å². The normalized spacial score (nSPS) is 12.7. The zero-order valence-corrected chi connectivity index (χ0v) is 23.3. The van der Waals surface area contributed by atoms with Gasteiger partial charge in [-0.2, -0.15) is 0 Å². The van der Waals surface area contributed by atoms with Gasteiger partial charge < -0.3 is 29.6 Å². The van der Waals surface area contributed by atoms with Crippen LogP contribution in [0.5, 0.6) is 17.2 Å². The second kappa shape index (κ2) is 11.9. The minimum absolute atomic E-state index is 0.0399. The van der Waals surface area contributed by atoms with Crippen molar-refractivity contribution in [1.29, 1.82) is 0 Å². The molecule has 14 heteroatoms. The molecule has 3 aromatic carbocycles. The number of fused-ring (bicyclic) bond motifs is 1. The molecule has 0 fully saturated rings. The molecule has 0 aliphatic heterocycles. The van der Waals surface area contributed by atoms with Gasteiger partial charge in [-0.25, -0.2) is 12.8 Å². The third-order valence-corrected chi connectivity index (χ3v) is 7.30. The minimum atomic E-state index is -4.97. The maximum Gasteiger partial charge on any atom is 0.573 e. The molecule has 0 aliphatic rings. The van der Waals surface area contributed by atoms with Crippen molar-refractivity contribution in [2.45, 2.75) is 24.2 Å². The van der Waals surface area contributed by atoms with Gasteiger partial charge in [0.25, 0.3) is 0 Å². The average molecular weight is 611 g/mol. The summed E-state index contributed by atoms with van der Waals surface area (Å²) >= 11 is 0. The Hall–Kier alpha value is -4.30. The molecule has 0 amide bonds. The number of sulfone groups is 1. The molecule has 0 aliphatic carbocycles. The Balaban J connectivity index is 1.90. The van der Waals surface area contributed by atoms with Crippen LogP contribution in [0.15, 0.2) is 59.6 Å². The third kappa shape index (κ3) is 6.94. The Morgan fingerprint density at radius 2 is 1.83 bits per heavy atom. The fraction of sp³-hybridized carbons (Fsp3) is 0.250. The number of carbonyl (C=O) groups is 1. The lowest BCUT2D eigenvalue weighted by Gasteiger charge is -2.23. The molecule has 0 spiro atoms. The number of nitrogens with one attached hydrogen (secondary N) is 2. The average Bonchev–Trinajstić information content (AvgIpc) is 3.33. The number of halogens is 4. The van der Waals surface area contributed by atoms with Crippen LogP contribution >= 0.6 is 0 Å². The molecule has 1 heterocycles. The van der Waals surface area contributed by atoms with Crippen molar-refractivity contribution in [1.82, 2.24) is 4.98 Å². The zero-order valence-electron chi connectivity index (χ0n) is 22.5. The van der Waals surface area contributed by atoms with Crippen molar-refractivity contribution in [2.24, 2.45) is 0 Å². The number of aryl methyl sites for hydroxylation is 1. The van der Waals surface area contributed by atoms with Crippen LogP contribution in [-0.2, 0) is 9.84 Å². The molecule has 0 bridgehead atoms. The van der Waals surface area contributed by atoms with Crippen LogP contribution < -0.4 is 19.5 Å². The van der Waals surface area contributed by atoms with E-state index in [4.69, 9.17) is 9.47 Å². The lowest BCUT2D eigenvalue weighted by Crippen LogP contribution is -2.23. The summed E-state index contributed by atoms with van der Waals surface area (Å²) in [6, 6.07) is 8.19. The predicted molar refractivity (Wildman–Crippen MR) is 145 cm³/mol. The molecule has 0 radical (unpaired) electrons. The number of carbonyl (C=O) groups excluding carboxylic acids is 1. The van der Waals surface area contributed by atoms with Gasteiger partial charge in [0.1, 0.15) is 35.7 Å². The summed E-state index contributed by atoms with van der Waals surface area (Å²) in [5, 5.41) is 12.3. The van der Waals surface area contributed by atoms with Crippen LogP contribution in [0.2, 0.25) is 0 Å². The number of methoxy groups -OCH3 is 1. The molecule has 1 aromatic heterocycles. The van der Waals surface area contributed by atoms with Gasteiger partial charge in [0.2, 0.25) is 0 Å². The maximum atomic E-state index is 14.2. The fourth-order valence-electron chi connectivity index (χ4n) is 4.40. The van der Waals surface area contributed by atoms with Gasteiger partial charge in [-0.3, -0.25) is 4.79 Å². The molecule has 1 atom stereocenters. The monoisotopic (exact) mass is 610 g/mol. The second-order valence-electron chi connectivity index (χ2n) is 9.28. The number of hydrogen-bond donors (Lipinski definition) is 3. The summed E-state index contributed by atoms with van der Waals surface area (Å²) in [6.07, 6.45) is -2.66. The van der Waals surface area contributed by atoms with Crippen molar-refractivity contribution < 1.29 is 50.1 Å². The number of ketones is 1. The van der Waals surface area contributed by atoms with Crippen LogP contribution in [0.1, 0.15) is 27.5 Å². The van der Waals surface area contributed by atoms with Crippen molar-refractivity contribution in [2.75, 3.05) is 31.9 Å². The highest BCUT2D eigenvalue weighted by Gasteiger charge is 2.33. The fourth-order valence-corrected chi connectivity index (χ4v) is 5.07. The lowest BCUT2D eigenvalue weighted by atomic mass is 9.95. The molecular formula is C28H26F4N2O7S.